The Kier molecular flexibility index (Phi) is 8.79. The van der Waals surface area contributed by atoms with Crippen LogP contribution in [-0.4, -0.2) is 39.6 Å². The number of para-hydroxylation sites is 4. The Balaban J connectivity index is 0.000000150. The molecule has 0 atom stereocenters. The predicted molar refractivity (Wildman–Crippen MR) is 199 cm³/mol. The van der Waals surface area contributed by atoms with E-state index < -0.39 is 0 Å². The Hall–Kier alpha value is -5.66. The van der Waals surface area contributed by atoms with Gasteiger partial charge in [-0.05, 0) is 53.9 Å². The van der Waals surface area contributed by atoms with Crippen molar-refractivity contribution >= 4 is 55.2 Å². The average Bonchev–Trinajstić information content (AvgIpc) is 3.70. The highest BCUT2D eigenvalue weighted by Gasteiger charge is 2.14. The first-order valence-corrected chi connectivity index (χ1v) is 16.3. The van der Waals surface area contributed by atoms with Crippen LogP contribution in [0.5, 0.6) is 0 Å². The summed E-state index contributed by atoms with van der Waals surface area (Å²) in [5.74, 6) is 0. The highest BCUT2D eigenvalue weighted by molar-refractivity contribution is 6.14. The molecule has 0 bridgehead atoms. The van der Waals surface area contributed by atoms with E-state index in [-0.39, 0.29) is 0 Å². The van der Waals surface area contributed by atoms with E-state index in [1.807, 2.05) is 24.5 Å². The third-order valence-electron chi connectivity index (χ3n) is 8.54. The number of benzene rings is 4. The van der Waals surface area contributed by atoms with E-state index >= 15 is 0 Å². The number of rotatable bonds is 9. The normalized spacial score (nSPS) is 11.2. The summed E-state index contributed by atoms with van der Waals surface area (Å²) in [6.45, 7) is 4.56. The molecule has 7 heteroatoms. The molecule has 0 aliphatic carbocycles. The summed E-state index contributed by atoms with van der Waals surface area (Å²) < 4.78 is 0. The minimum Gasteiger partial charge on any atom is -0.385 e. The SMILES string of the molecule is CCCCNc1ccccc1-c1ccnc2[nH]c3ccccc3c12.NCCNc1ccccc1-c1ccnc2[nH]c3ccccc3c12. The summed E-state index contributed by atoms with van der Waals surface area (Å²) >= 11 is 0. The zero-order chi connectivity index (χ0) is 32.0. The molecule has 47 heavy (non-hydrogen) atoms. The number of nitrogens with zero attached hydrogens (tertiary/aromatic N) is 2. The third kappa shape index (κ3) is 6.01. The van der Waals surface area contributed by atoms with E-state index in [1.165, 1.54) is 51.4 Å². The van der Waals surface area contributed by atoms with Crippen molar-refractivity contribution in [3.63, 3.8) is 0 Å². The van der Waals surface area contributed by atoms with Gasteiger partial charge < -0.3 is 26.3 Å². The van der Waals surface area contributed by atoms with Gasteiger partial charge in [0, 0.05) is 87.1 Å². The van der Waals surface area contributed by atoms with Crippen LogP contribution in [-0.2, 0) is 0 Å². The van der Waals surface area contributed by atoms with Crippen molar-refractivity contribution in [2.24, 2.45) is 5.73 Å². The molecule has 4 aromatic heterocycles. The highest BCUT2D eigenvalue weighted by atomic mass is 14.9. The van der Waals surface area contributed by atoms with Crippen LogP contribution in [0.1, 0.15) is 19.8 Å². The molecular weight excluding hydrogens is 578 g/mol. The van der Waals surface area contributed by atoms with Crippen LogP contribution in [0.25, 0.3) is 66.1 Å². The van der Waals surface area contributed by atoms with Gasteiger partial charge in [0.05, 0.1) is 0 Å². The fraction of sp³-hybridized carbons (Fsp3) is 0.150. The van der Waals surface area contributed by atoms with Crippen LogP contribution in [0.4, 0.5) is 11.4 Å². The Morgan fingerprint density at radius 1 is 0.553 bits per heavy atom. The maximum Gasteiger partial charge on any atom is 0.138 e. The lowest BCUT2D eigenvalue weighted by atomic mass is 9.99. The Bertz CT molecular complexity index is 2280. The number of hydrogen-bond acceptors (Lipinski definition) is 5. The van der Waals surface area contributed by atoms with Crippen molar-refractivity contribution in [1.29, 1.82) is 0 Å². The summed E-state index contributed by atoms with van der Waals surface area (Å²) in [5.41, 5.74) is 16.8. The molecule has 7 nitrogen and oxygen atoms in total. The van der Waals surface area contributed by atoms with Gasteiger partial charge in [0.1, 0.15) is 11.3 Å². The van der Waals surface area contributed by atoms with E-state index in [9.17, 15) is 0 Å². The van der Waals surface area contributed by atoms with Crippen molar-refractivity contribution in [3.05, 3.63) is 122 Å². The molecule has 0 aliphatic heterocycles. The number of aromatic amines is 2. The molecule has 4 aromatic carbocycles. The highest BCUT2D eigenvalue weighted by Crippen LogP contribution is 2.38. The number of fused-ring (bicyclic) bond motifs is 6. The molecular formula is C40H39N7. The quantitative estimate of drug-likeness (QED) is 0.104. The van der Waals surface area contributed by atoms with Gasteiger partial charge >= 0.3 is 0 Å². The van der Waals surface area contributed by atoms with Crippen molar-refractivity contribution in [3.8, 4) is 22.3 Å². The lowest BCUT2D eigenvalue weighted by Gasteiger charge is -2.13. The van der Waals surface area contributed by atoms with Crippen LogP contribution < -0.4 is 16.4 Å². The Labute approximate surface area is 274 Å². The van der Waals surface area contributed by atoms with Crippen LogP contribution in [0.3, 0.4) is 0 Å². The molecule has 8 rings (SSSR count). The van der Waals surface area contributed by atoms with Crippen molar-refractivity contribution in [2.75, 3.05) is 30.3 Å². The summed E-state index contributed by atoms with van der Waals surface area (Å²) in [6.07, 6.45) is 6.10. The zero-order valence-corrected chi connectivity index (χ0v) is 26.6. The van der Waals surface area contributed by atoms with E-state index in [1.54, 1.807) is 0 Å². The minimum absolute atomic E-state index is 0.604. The first-order valence-electron chi connectivity index (χ1n) is 16.3. The van der Waals surface area contributed by atoms with Gasteiger partial charge in [-0.1, -0.05) is 86.1 Å². The topological polar surface area (TPSA) is 107 Å². The van der Waals surface area contributed by atoms with Gasteiger partial charge in [0.25, 0.3) is 0 Å². The second-order valence-electron chi connectivity index (χ2n) is 11.6. The molecule has 0 saturated heterocycles. The minimum atomic E-state index is 0.604. The molecule has 0 unspecified atom stereocenters. The Morgan fingerprint density at radius 3 is 1.53 bits per heavy atom. The van der Waals surface area contributed by atoms with Gasteiger partial charge in [-0.25, -0.2) is 9.97 Å². The van der Waals surface area contributed by atoms with Crippen molar-refractivity contribution in [1.82, 2.24) is 19.9 Å². The second-order valence-corrected chi connectivity index (χ2v) is 11.6. The van der Waals surface area contributed by atoms with Crippen LogP contribution >= 0.6 is 0 Å². The first kappa shape index (κ1) is 30.0. The summed E-state index contributed by atoms with van der Waals surface area (Å²) in [4.78, 5) is 15.9. The van der Waals surface area contributed by atoms with Gasteiger partial charge in [-0.2, -0.15) is 0 Å². The lowest BCUT2D eigenvalue weighted by Crippen LogP contribution is -2.13. The van der Waals surface area contributed by atoms with Gasteiger partial charge in [0.2, 0.25) is 0 Å². The number of nitrogens with one attached hydrogen (secondary N) is 4. The molecule has 0 radical (unpaired) electrons. The summed E-state index contributed by atoms with van der Waals surface area (Å²) in [6, 6.07) is 37.8. The molecule has 0 aliphatic rings. The molecule has 0 fully saturated rings. The molecule has 0 saturated carbocycles. The molecule has 234 valence electrons. The molecule has 6 N–H and O–H groups in total. The van der Waals surface area contributed by atoms with Crippen molar-refractivity contribution in [2.45, 2.75) is 19.8 Å². The number of anilines is 2. The monoisotopic (exact) mass is 617 g/mol. The average molecular weight is 618 g/mol. The number of hydrogen-bond donors (Lipinski definition) is 5. The smallest absolute Gasteiger partial charge is 0.138 e. The van der Waals surface area contributed by atoms with E-state index in [2.05, 4.69) is 135 Å². The predicted octanol–water partition coefficient (Wildman–Crippen LogP) is 9.35. The van der Waals surface area contributed by atoms with Crippen LogP contribution in [0.2, 0.25) is 0 Å². The van der Waals surface area contributed by atoms with Gasteiger partial charge in [-0.15, -0.1) is 0 Å². The third-order valence-corrected chi connectivity index (χ3v) is 8.54. The second kappa shape index (κ2) is 13.8. The first-order chi connectivity index (χ1) is 23.3. The maximum atomic E-state index is 5.64. The summed E-state index contributed by atoms with van der Waals surface area (Å²) in [5, 5.41) is 11.8. The Morgan fingerprint density at radius 2 is 1.02 bits per heavy atom. The largest absolute Gasteiger partial charge is 0.385 e. The fourth-order valence-corrected chi connectivity index (χ4v) is 6.33. The number of aromatic nitrogens is 4. The fourth-order valence-electron chi connectivity index (χ4n) is 6.33. The van der Waals surface area contributed by atoms with E-state index in [4.69, 9.17) is 5.73 Å². The molecule has 0 amide bonds. The zero-order valence-electron chi connectivity index (χ0n) is 26.6. The van der Waals surface area contributed by atoms with Crippen LogP contribution in [0.15, 0.2) is 122 Å². The van der Waals surface area contributed by atoms with E-state index in [0.717, 1.165) is 52.1 Å². The number of pyridine rings is 2. The molecule has 8 aromatic rings. The number of nitrogens with two attached hydrogens (primary N) is 1. The molecule has 0 spiro atoms. The van der Waals surface area contributed by atoms with Gasteiger partial charge in [0.15, 0.2) is 0 Å². The standard InChI is InChI=1S/C21H21N3.C19H18N4/c1-2-3-13-22-18-10-6-4-8-15(18)16-12-14-23-21-20(16)17-9-5-7-11-19(17)24-21;20-10-12-21-16-7-3-1-5-13(16)14-9-11-22-19-18(14)15-6-2-4-8-17(15)23-19/h4-12,14,22H,2-3,13H2,1H3,(H,23,24);1-9,11,21H,10,12,20H2,(H,22,23). The number of H-pyrrole nitrogens is 2. The summed E-state index contributed by atoms with van der Waals surface area (Å²) in [7, 11) is 0. The van der Waals surface area contributed by atoms with Gasteiger partial charge in [-0.3, -0.25) is 0 Å². The van der Waals surface area contributed by atoms with Crippen molar-refractivity contribution < 1.29 is 0 Å². The maximum absolute atomic E-state index is 5.64. The van der Waals surface area contributed by atoms with E-state index in [0.29, 0.717) is 6.54 Å². The number of unbranched alkanes of at least 4 members (excludes halogenated alkanes) is 1. The molecule has 4 heterocycles. The lowest BCUT2D eigenvalue weighted by molar-refractivity contribution is 0.834. The van der Waals surface area contributed by atoms with Crippen LogP contribution in [0, 0.1) is 0 Å².